The molecule has 0 spiro atoms. The van der Waals surface area contributed by atoms with E-state index < -0.39 is 0 Å². The van der Waals surface area contributed by atoms with Gasteiger partial charge in [-0.15, -0.1) is 5.10 Å². The summed E-state index contributed by atoms with van der Waals surface area (Å²) in [6, 6.07) is 7.87. The number of amides is 1. The summed E-state index contributed by atoms with van der Waals surface area (Å²) in [5.41, 5.74) is 3.41. The second-order valence-electron chi connectivity index (χ2n) is 7.86. The second kappa shape index (κ2) is 8.99. The molecule has 2 aromatic rings. The van der Waals surface area contributed by atoms with Gasteiger partial charge in [-0.3, -0.25) is 4.79 Å². The Bertz CT molecular complexity index is 881. The van der Waals surface area contributed by atoms with E-state index in [-0.39, 0.29) is 11.9 Å². The Balaban J connectivity index is 1.28. The van der Waals surface area contributed by atoms with Crippen molar-refractivity contribution >= 4 is 23.3 Å². The van der Waals surface area contributed by atoms with Crippen molar-refractivity contribution in [2.75, 3.05) is 25.1 Å². The van der Waals surface area contributed by atoms with E-state index in [0.29, 0.717) is 17.2 Å². The smallest absolute Gasteiger partial charge is 0.224 e. The number of benzene rings is 1. The van der Waals surface area contributed by atoms with Gasteiger partial charge in [0.2, 0.25) is 5.91 Å². The molecule has 1 aromatic carbocycles. The summed E-state index contributed by atoms with van der Waals surface area (Å²) in [5.74, 6) is 1.62. The molecule has 6 nitrogen and oxygen atoms in total. The number of hydrogen-bond donors (Lipinski definition) is 1. The third-order valence-corrected chi connectivity index (χ3v) is 6.12. The maximum Gasteiger partial charge on any atom is 0.224 e. The zero-order chi connectivity index (χ0) is 20.2. The van der Waals surface area contributed by atoms with Crippen LogP contribution in [0.4, 0.5) is 5.82 Å². The van der Waals surface area contributed by atoms with Gasteiger partial charge in [0.1, 0.15) is 5.75 Å². The number of hydrogen-bond acceptors (Lipinski definition) is 5. The van der Waals surface area contributed by atoms with Gasteiger partial charge in [0.25, 0.3) is 0 Å². The topological polar surface area (TPSA) is 67.3 Å². The van der Waals surface area contributed by atoms with Crippen molar-refractivity contribution in [3.63, 3.8) is 0 Å². The predicted octanol–water partition coefficient (Wildman–Crippen LogP) is 3.35. The number of nitrogens with one attached hydrogen (secondary N) is 1. The molecule has 1 amide bonds. The summed E-state index contributed by atoms with van der Waals surface area (Å²) in [6.45, 7) is 1.76. The molecule has 0 bridgehead atoms. The van der Waals surface area contributed by atoms with E-state index in [4.69, 9.17) is 16.3 Å². The fourth-order valence-electron chi connectivity index (χ4n) is 4.17. The van der Waals surface area contributed by atoms with Crippen LogP contribution in [-0.2, 0) is 24.1 Å². The van der Waals surface area contributed by atoms with Crippen molar-refractivity contribution in [3.05, 3.63) is 46.1 Å². The highest BCUT2D eigenvalue weighted by Gasteiger charge is 2.23. The Kier molecular flexibility index (Phi) is 6.19. The third kappa shape index (κ3) is 4.81. The van der Waals surface area contributed by atoms with Gasteiger partial charge < -0.3 is 15.0 Å². The van der Waals surface area contributed by atoms with Gasteiger partial charge in [-0.05, 0) is 67.9 Å². The molecule has 7 heteroatoms. The first kappa shape index (κ1) is 20.0. The first-order valence-electron chi connectivity index (χ1n) is 10.3. The lowest BCUT2D eigenvalue weighted by atomic mass is 9.96. The number of carbonyl (C=O) groups excluding carboxylic acids is 1. The number of methoxy groups -OCH3 is 1. The number of piperidine rings is 1. The van der Waals surface area contributed by atoms with Crippen LogP contribution in [-0.4, -0.2) is 42.3 Å². The number of carbonyl (C=O) groups is 1. The van der Waals surface area contributed by atoms with Crippen LogP contribution in [0, 0.1) is 0 Å². The van der Waals surface area contributed by atoms with Crippen LogP contribution in [0.1, 0.15) is 42.5 Å². The molecule has 1 aliphatic carbocycles. The molecular weight excluding hydrogens is 388 g/mol. The molecule has 1 saturated heterocycles. The highest BCUT2D eigenvalue weighted by Crippen LogP contribution is 2.26. The fraction of sp³-hybridized carbons (Fsp3) is 0.500. The molecule has 1 aliphatic heterocycles. The van der Waals surface area contributed by atoms with Crippen molar-refractivity contribution in [1.82, 2.24) is 15.5 Å². The van der Waals surface area contributed by atoms with Gasteiger partial charge in [-0.1, -0.05) is 17.7 Å². The molecule has 0 radical (unpaired) electrons. The number of fused-ring (bicyclic) bond motifs is 1. The zero-order valence-corrected chi connectivity index (χ0v) is 17.5. The molecule has 0 unspecified atom stereocenters. The number of aryl methyl sites for hydroxylation is 2. The lowest BCUT2D eigenvalue weighted by Gasteiger charge is -2.33. The van der Waals surface area contributed by atoms with E-state index in [1.54, 1.807) is 19.2 Å². The largest absolute Gasteiger partial charge is 0.495 e. The lowest BCUT2D eigenvalue weighted by Crippen LogP contribution is -2.45. The Morgan fingerprint density at radius 1 is 1.21 bits per heavy atom. The third-order valence-electron chi connectivity index (χ3n) is 5.82. The van der Waals surface area contributed by atoms with Gasteiger partial charge in [0, 0.05) is 19.1 Å². The average Bonchev–Trinajstić information content (AvgIpc) is 2.74. The Morgan fingerprint density at radius 3 is 2.76 bits per heavy atom. The molecule has 0 atom stereocenters. The Morgan fingerprint density at radius 2 is 2.00 bits per heavy atom. The van der Waals surface area contributed by atoms with Crippen LogP contribution in [0.5, 0.6) is 5.75 Å². The molecular formula is C22H27ClN4O2. The summed E-state index contributed by atoms with van der Waals surface area (Å²) in [7, 11) is 1.58. The summed E-state index contributed by atoms with van der Waals surface area (Å²) in [5, 5.41) is 12.6. The first-order chi connectivity index (χ1) is 14.1. The molecule has 2 heterocycles. The van der Waals surface area contributed by atoms with Crippen molar-refractivity contribution < 1.29 is 9.53 Å². The number of aromatic nitrogens is 2. The average molecular weight is 415 g/mol. The molecule has 29 heavy (non-hydrogen) atoms. The maximum atomic E-state index is 12.4. The normalized spacial score (nSPS) is 17.0. The van der Waals surface area contributed by atoms with E-state index >= 15 is 0 Å². The number of ether oxygens (including phenoxy) is 1. The van der Waals surface area contributed by atoms with Crippen molar-refractivity contribution in [2.24, 2.45) is 0 Å². The highest BCUT2D eigenvalue weighted by atomic mass is 35.5. The van der Waals surface area contributed by atoms with Gasteiger partial charge in [-0.25, -0.2) is 0 Å². The summed E-state index contributed by atoms with van der Waals surface area (Å²) in [4.78, 5) is 14.7. The molecule has 1 aromatic heterocycles. The molecule has 154 valence electrons. The van der Waals surface area contributed by atoms with Crippen LogP contribution in [0.3, 0.4) is 0 Å². The van der Waals surface area contributed by atoms with Crippen LogP contribution < -0.4 is 15.0 Å². The Hall–Kier alpha value is -2.34. The standard InChI is InChI=1S/C22H27ClN4O2/c1-29-20-7-6-15(12-18(20)23)13-22(28)24-17-8-10-27(11-9-17)21-14-16-4-2-3-5-19(16)25-26-21/h6-7,12,14,17H,2-5,8-11,13H2,1H3,(H,24,28). The lowest BCUT2D eigenvalue weighted by molar-refractivity contribution is -0.121. The minimum Gasteiger partial charge on any atom is -0.495 e. The fourth-order valence-corrected chi connectivity index (χ4v) is 4.45. The second-order valence-corrected chi connectivity index (χ2v) is 8.26. The van der Waals surface area contributed by atoms with E-state index in [0.717, 1.165) is 50.2 Å². The van der Waals surface area contributed by atoms with Gasteiger partial charge in [0.15, 0.2) is 5.82 Å². The minimum absolute atomic E-state index is 0.0262. The quantitative estimate of drug-likeness (QED) is 0.812. The minimum atomic E-state index is 0.0262. The number of anilines is 1. The van der Waals surface area contributed by atoms with Crippen LogP contribution in [0.2, 0.25) is 5.02 Å². The summed E-state index contributed by atoms with van der Waals surface area (Å²) in [6.07, 6.45) is 6.76. The number of nitrogens with zero attached hydrogens (tertiary/aromatic N) is 3. The number of rotatable bonds is 5. The van der Waals surface area contributed by atoms with E-state index in [1.807, 2.05) is 6.07 Å². The van der Waals surface area contributed by atoms with Gasteiger partial charge in [0.05, 0.1) is 24.2 Å². The molecule has 4 rings (SSSR count). The highest BCUT2D eigenvalue weighted by molar-refractivity contribution is 6.32. The summed E-state index contributed by atoms with van der Waals surface area (Å²) >= 11 is 6.15. The van der Waals surface area contributed by atoms with Gasteiger partial charge >= 0.3 is 0 Å². The first-order valence-corrected chi connectivity index (χ1v) is 10.7. The van der Waals surface area contributed by atoms with Gasteiger partial charge in [-0.2, -0.15) is 5.10 Å². The maximum absolute atomic E-state index is 12.4. The Labute approximate surface area is 176 Å². The van der Waals surface area contributed by atoms with Crippen LogP contribution >= 0.6 is 11.6 Å². The van der Waals surface area contributed by atoms with E-state index in [1.165, 1.54) is 24.1 Å². The van der Waals surface area contributed by atoms with Crippen molar-refractivity contribution in [1.29, 1.82) is 0 Å². The molecule has 1 fully saturated rings. The molecule has 1 N–H and O–H groups in total. The summed E-state index contributed by atoms with van der Waals surface area (Å²) < 4.78 is 5.16. The van der Waals surface area contributed by atoms with Crippen LogP contribution in [0.25, 0.3) is 0 Å². The van der Waals surface area contributed by atoms with Crippen molar-refractivity contribution in [2.45, 2.75) is 51.0 Å². The van der Waals surface area contributed by atoms with Crippen molar-refractivity contribution in [3.8, 4) is 5.75 Å². The SMILES string of the molecule is COc1ccc(CC(=O)NC2CCN(c3cc4c(nn3)CCCC4)CC2)cc1Cl. The number of halogens is 1. The molecule has 2 aliphatic rings. The van der Waals surface area contributed by atoms with Crippen LogP contribution in [0.15, 0.2) is 24.3 Å². The monoisotopic (exact) mass is 414 g/mol. The van der Waals surface area contributed by atoms with E-state index in [2.05, 4.69) is 26.5 Å². The zero-order valence-electron chi connectivity index (χ0n) is 16.8. The molecule has 0 saturated carbocycles. The van der Waals surface area contributed by atoms with E-state index in [9.17, 15) is 4.79 Å². The predicted molar refractivity (Wildman–Crippen MR) is 114 cm³/mol.